The Morgan fingerprint density at radius 1 is 1.24 bits per heavy atom. The molecule has 0 amide bonds. The minimum Gasteiger partial charge on any atom is -0.493 e. The Hall–Kier alpha value is -1.06. The Bertz CT molecular complexity index is 334. The van der Waals surface area contributed by atoms with Gasteiger partial charge in [-0.2, -0.15) is 0 Å². The van der Waals surface area contributed by atoms with E-state index >= 15 is 0 Å². The number of aryl methyl sites for hydroxylation is 1. The maximum absolute atomic E-state index is 9.67. The number of methoxy groups -OCH3 is 1. The molecule has 0 saturated carbocycles. The van der Waals surface area contributed by atoms with Crippen LogP contribution < -0.4 is 4.74 Å². The summed E-state index contributed by atoms with van der Waals surface area (Å²) >= 11 is 0. The zero-order valence-electron chi connectivity index (χ0n) is 10.9. The van der Waals surface area contributed by atoms with Crippen LogP contribution in [0, 0.1) is 6.92 Å². The molecule has 96 valence electrons. The summed E-state index contributed by atoms with van der Waals surface area (Å²) < 4.78 is 10.7. The van der Waals surface area contributed by atoms with Gasteiger partial charge in [-0.1, -0.05) is 11.6 Å². The number of rotatable bonds is 7. The Labute approximate surface area is 103 Å². The molecule has 3 heteroatoms. The van der Waals surface area contributed by atoms with Gasteiger partial charge in [0, 0.05) is 19.3 Å². The van der Waals surface area contributed by atoms with Crippen molar-refractivity contribution in [3.63, 3.8) is 0 Å². The topological polar surface area (TPSA) is 38.7 Å². The van der Waals surface area contributed by atoms with E-state index in [9.17, 15) is 5.11 Å². The summed E-state index contributed by atoms with van der Waals surface area (Å²) in [6.45, 7) is 5.19. The van der Waals surface area contributed by atoms with E-state index < -0.39 is 6.10 Å². The first-order valence-corrected chi connectivity index (χ1v) is 6.05. The van der Waals surface area contributed by atoms with E-state index in [1.54, 1.807) is 14.0 Å². The zero-order valence-corrected chi connectivity index (χ0v) is 10.9. The molecule has 1 N–H and O–H groups in total. The second kappa shape index (κ2) is 7.30. The third-order valence-electron chi connectivity index (χ3n) is 2.62. The highest BCUT2D eigenvalue weighted by atomic mass is 16.5. The molecule has 17 heavy (non-hydrogen) atoms. The quantitative estimate of drug-likeness (QED) is 0.742. The van der Waals surface area contributed by atoms with Crippen LogP contribution in [0.5, 0.6) is 5.75 Å². The molecule has 1 rings (SSSR count). The molecule has 0 unspecified atom stereocenters. The van der Waals surface area contributed by atoms with Gasteiger partial charge in [-0.3, -0.25) is 0 Å². The summed E-state index contributed by atoms with van der Waals surface area (Å²) in [5, 5.41) is 9.67. The van der Waals surface area contributed by atoms with Gasteiger partial charge >= 0.3 is 0 Å². The summed E-state index contributed by atoms with van der Waals surface area (Å²) in [6, 6.07) is 5.89. The number of benzene rings is 1. The van der Waals surface area contributed by atoms with Crippen molar-refractivity contribution in [1.29, 1.82) is 0 Å². The fraction of sp³-hybridized carbons (Fsp3) is 0.571. The summed E-state index contributed by atoms with van der Waals surface area (Å²) in [4.78, 5) is 0. The first-order chi connectivity index (χ1) is 8.15. The lowest BCUT2D eigenvalue weighted by molar-refractivity contribution is 0.178. The molecule has 1 atom stereocenters. The van der Waals surface area contributed by atoms with Crippen molar-refractivity contribution in [3.05, 3.63) is 29.3 Å². The van der Waals surface area contributed by atoms with Gasteiger partial charge in [0.15, 0.2) is 0 Å². The number of ether oxygens (including phenoxy) is 2. The largest absolute Gasteiger partial charge is 0.493 e. The van der Waals surface area contributed by atoms with Crippen molar-refractivity contribution in [3.8, 4) is 5.75 Å². The average Bonchev–Trinajstić information content (AvgIpc) is 2.30. The summed E-state index contributed by atoms with van der Waals surface area (Å²) in [5.41, 5.74) is 1.99. The number of hydrogen-bond donors (Lipinski definition) is 1. The minimum atomic E-state index is -0.496. The summed E-state index contributed by atoms with van der Waals surface area (Å²) in [6.07, 6.45) is 1.46. The number of unbranched alkanes of at least 4 members (excludes halogenated alkanes) is 1. The zero-order chi connectivity index (χ0) is 12.7. The molecule has 1 aromatic rings. The van der Waals surface area contributed by atoms with Crippen LogP contribution >= 0.6 is 0 Å². The highest BCUT2D eigenvalue weighted by Gasteiger charge is 2.09. The number of aliphatic hydroxyl groups is 1. The molecule has 0 bridgehead atoms. The standard InChI is InChI=1S/C14H22O3/c1-11-6-7-14(13(10-11)12(2)15)17-9-5-4-8-16-3/h6-7,10,12,15H,4-5,8-9H2,1-3H3/t12-/m0/s1. The molecule has 0 radical (unpaired) electrons. The normalized spacial score (nSPS) is 12.5. The van der Waals surface area contributed by atoms with E-state index in [0.717, 1.165) is 36.3 Å². The first-order valence-electron chi connectivity index (χ1n) is 6.05. The van der Waals surface area contributed by atoms with Crippen LogP contribution in [0.3, 0.4) is 0 Å². The number of aliphatic hydroxyl groups excluding tert-OH is 1. The fourth-order valence-corrected chi connectivity index (χ4v) is 1.66. The van der Waals surface area contributed by atoms with E-state index in [0.29, 0.717) is 6.61 Å². The van der Waals surface area contributed by atoms with Gasteiger partial charge in [-0.05, 0) is 38.8 Å². The van der Waals surface area contributed by atoms with E-state index in [1.165, 1.54) is 0 Å². The van der Waals surface area contributed by atoms with E-state index in [1.807, 2.05) is 25.1 Å². The van der Waals surface area contributed by atoms with Gasteiger partial charge in [0.2, 0.25) is 0 Å². The van der Waals surface area contributed by atoms with Crippen LogP contribution in [-0.4, -0.2) is 25.4 Å². The second-order valence-electron chi connectivity index (χ2n) is 4.27. The predicted molar refractivity (Wildman–Crippen MR) is 68.4 cm³/mol. The Kier molecular flexibility index (Phi) is 6.01. The van der Waals surface area contributed by atoms with Crippen LogP contribution in [0.4, 0.5) is 0 Å². The Morgan fingerprint density at radius 3 is 2.59 bits per heavy atom. The van der Waals surface area contributed by atoms with Crippen molar-refractivity contribution in [2.24, 2.45) is 0 Å². The van der Waals surface area contributed by atoms with Crippen LogP contribution in [0.1, 0.15) is 37.0 Å². The lowest BCUT2D eigenvalue weighted by Gasteiger charge is -2.14. The minimum absolute atomic E-state index is 0.496. The van der Waals surface area contributed by atoms with Gasteiger partial charge in [-0.15, -0.1) is 0 Å². The van der Waals surface area contributed by atoms with E-state index in [4.69, 9.17) is 9.47 Å². The highest BCUT2D eigenvalue weighted by molar-refractivity contribution is 5.38. The van der Waals surface area contributed by atoms with E-state index in [-0.39, 0.29) is 0 Å². The van der Waals surface area contributed by atoms with Crippen molar-refractivity contribution in [2.75, 3.05) is 20.3 Å². The predicted octanol–water partition coefficient (Wildman–Crippen LogP) is 2.85. The maximum atomic E-state index is 9.67. The second-order valence-corrected chi connectivity index (χ2v) is 4.27. The maximum Gasteiger partial charge on any atom is 0.125 e. The molecular formula is C14H22O3. The summed E-state index contributed by atoms with van der Waals surface area (Å²) in [5.74, 6) is 0.781. The first kappa shape index (κ1) is 14.0. The van der Waals surface area contributed by atoms with Gasteiger partial charge < -0.3 is 14.6 Å². The van der Waals surface area contributed by atoms with E-state index in [2.05, 4.69) is 0 Å². The monoisotopic (exact) mass is 238 g/mol. The number of hydrogen-bond acceptors (Lipinski definition) is 3. The van der Waals surface area contributed by atoms with Crippen LogP contribution in [0.15, 0.2) is 18.2 Å². The van der Waals surface area contributed by atoms with Crippen LogP contribution in [0.2, 0.25) is 0 Å². The highest BCUT2D eigenvalue weighted by Crippen LogP contribution is 2.26. The van der Waals surface area contributed by atoms with Crippen LogP contribution in [0.25, 0.3) is 0 Å². The Morgan fingerprint density at radius 2 is 1.94 bits per heavy atom. The van der Waals surface area contributed by atoms with Gasteiger partial charge in [0.05, 0.1) is 12.7 Å². The molecule has 0 fully saturated rings. The molecule has 1 aromatic carbocycles. The fourth-order valence-electron chi connectivity index (χ4n) is 1.66. The molecule has 0 spiro atoms. The van der Waals surface area contributed by atoms with Crippen LogP contribution in [-0.2, 0) is 4.74 Å². The lowest BCUT2D eigenvalue weighted by atomic mass is 10.1. The molecule has 0 aliphatic rings. The third kappa shape index (κ3) is 4.75. The van der Waals surface area contributed by atoms with Gasteiger partial charge in [0.1, 0.15) is 5.75 Å². The lowest BCUT2D eigenvalue weighted by Crippen LogP contribution is -2.03. The summed E-state index contributed by atoms with van der Waals surface area (Å²) in [7, 11) is 1.70. The molecule has 0 heterocycles. The molecular weight excluding hydrogens is 216 g/mol. The van der Waals surface area contributed by atoms with Crippen molar-refractivity contribution in [1.82, 2.24) is 0 Å². The average molecular weight is 238 g/mol. The Balaban J connectivity index is 2.52. The molecule has 0 aliphatic heterocycles. The molecule has 0 aromatic heterocycles. The smallest absolute Gasteiger partial charge is 0.125 e. The molecule has 0 aliphatic carbocycles. The van der Waals surface area contributed by atoms with Gasteiger partial charge in [0.25, 0.3) is 0 Å². The molecule has 0 saturated heterocycles. The van der Waals surface area contributed by atoms with Gasteiger partial charge in [-0.25, -0.2) is 0 Å². The van der Waals surface area contributed by atoms with Crippen molar-refractivity contribution < 1.29 is 14.6 Å². The molecule has 3 nitrogen and oxygen atoms in total. The van der Waals surface area contributed by atoms with Crippen molar-refractivity contribution in [2.45, 2.75) is 32.8 Å². The third-order valence-corrected chi connectivity index (χ3v) is 2.62. The van der Waals surface area contributed by atoms with Crippen molar-refractivity contribution >= 4 is 0 Å². The SMILES string of the molecule is COCCCCOc1ccc(C)cc1[C@H](C)O.